The van der Waals surface area contributed by atoms with Gasteiger partial charge in [-0.3, -0.25) is 4.79 Å². The number of nitrogens with zero attached hydrogens (tertiary/aromatic N) is 2. The number of hydrogen-bond donors (Lipinski definition) is 1. The molecule has 0 spiro atoms. The van der Waals surface area contributed by atoms with Crippen molar-refractivity contribution in [2.75, 3.05) is 0 Å². The predicted molar refractivity (Wildman–Crippen MR) is 140 cm³/mol. The van der Waals surface area contributed by atoms with E-state index in [1.807, 2.05) is 48.5 Å². The molecule has 6 nitrogen and oxygen atoms in total. The molecule has 2 heterocycles. The molecule has 1 N–H and O–H groups in total. The molecule has 0 aliphatic heterocycles. The van der Waals surface area contributed by atoms with Crippen molar-refractivity contribution in [3.05, 3.63) is 105 Å². The number of aliphatic imine (C=N–C) groups is 1. The lowest BCUT2D eigenvalue weighted by atomic mass is 9.95. The Morgan fingerprint density at radius 2 is 1.94 bits per heavy atom. The Labute approximate surface area is 213 Å². The largest absolute Gasteiger partial charge is 0.488 e. The van der Waals surface area contributed by atoms with Gasteiger partial charge in [-0.05, 0) is 73.2 Å². The molecule has 4 aromatic rings. The Kier molecular flexibility index (Phi) is 7.25. The molecule has 0 fully saturated rings. The van der Waals surface area contributed by atoms with Gasteiger partial charge >= 0.3 is 0 Å². The summed E-state index contributed by atoms with van der Waals surface area (Å²) >= 11 is 1.60. The summed E-state index contributed by atoms with van der Waals surface area (Å²) in [6, 6.07) is 20.8. The molecule has 2 aromatic carbocycles. The number of nitriles is 1. The number of para-hydroxylation sites is 1. The van der Waals surface area contributed by atoms with Crippen LogP contribution >= 0.6 is 11.3 Å². The number of ether oxygens (including phenoxy) is 1. The van der Waals surface area contributed by atoms with E-state index in [0.717, 1.165) is 47.4 Å². The molecule has 1 amide bonds. The number of rotatable bonds is 8. The van der Waals surface area contributed by atoms with Crippen LogP contribution in [0, 0.1) is 11.3 Å². The van der Waals surface area contributed by atoms with Gasteiger partial charge in [0.25, 0.3) is 5.91 Å². The van der Waals surface area contributed by atoms with Crippen LogP contribution < -0.4 is 10.1 Å². The van der Waals surface area contributed by atoms with Gasteiger partial charge < -0.3 is 14.5 Å². The van der Waals surface area contributed by atoms with Gasteiger partial charge in [0.05, 0.1) is 30.0 Å². The highest BCUT2D eigenvalue weighted by Crippen LogP contribution is 2.40. The third kappa shape index (κ3) is 5.40. The third-order valence-corrected chi connectivity index (χ3v) is 7.30. The summed E-state index contributed by atoms with van der Waals surface area (Å²) in [6.07, 6.45) is 7.47. The number of aryl methyl sites for hydroxylation is 1. The van der Waals surface area contributed by atoms with Crippen LogP contribution in [0.5, 0.6) is 5.75 Å². The van der Waals surface area contributed by atoms with Gasteiger partial charge in [-0.1, -0.05) is 24.3 Å². The van der Waals surface area contributed by atoms with E-state index in [1.165, 1.54) is 4.88 Å². The van der Waals surface area contributed by atoms with Crippen LogP contribution in [0.4, 0.5) is 5.00 Å². The molecule has 2 aromatic heterocycles. The molecular weight excluding hydrogens is 470 g/mol. The van der Waals surface area contributed by atoms with Gasteiger partial charge in [-0.2, -0.15) is 5.26 Å². The molecule has 1 aliphatic carbocycles. The molecule has 0 bridgehead atoms. The summed E-state index contributed by atoms with van der Waals surface area (Å²) in [5, 5.41) is 12.7. The van der Waals surface area contributed by atoms with E-state index in [1.54, 1.807) is 35.9 Å². The van der Waals surface area contributed by atoms with Crippen molar-refractivity contribution >= 4 is 28.5 Å². The van der Waals surface area contributed by atoms with Crippen LogP contribution in [0.15, 0.2) is 76.3 Å². The van der Waals surface area contributed by atoms with Crippen LogP contribution in [0.3, 0.4) is 0 Å². The molecule has 0 unspecified atom stereocenters. The molecule has 36 heavy (non-hydrogen) atoms. The van der Waals surface area contributed by atoms with Gasteiger partial charge in [0.15, 0.2) is 0 Å². The summed E-state index contributed by atoms with van der Waals surface area (Å²) in [7, 11) is 0. The summed E-state index contributed by atoms with van der Waals surface area (Å²) in [5.41, 5.74) is 4.23. The van der Waals surface area contributed by atoms with Crippen LogP contribution in [0.25, 0.3) is 0 Å². The Hall–Kier alpha value is -4.15. The van der Waals surface area contributed by atoms with Crippen LogP contribution in [0.1, 0.15) is 56.1 Å². The number of furan rings is 1. The first-order valence-electron chi connectivity index (χ1n) is 11.9. The Morgan fingerprint density at radius 3 is 2.75 bits per heavy atom. The SMILES string of the molecule is N#Cc1ccc(COc2ccccc2C=Nc2sc3c(c2C(=O)NCc2ccco2)CCCC3)cc1. The first kappa shape index (κ1) is 23.6. The van der Waals surface area contributed by atoms with Crippen molar-refractivity contribution < 1.29 is 13.9 Å². The number of nitrogens with one attached hydrogen (secondary N) is 1. The minimum atomic E-state index is -0.122. The summed E-state index contributed by atoms with van der Waals surface area (Å²) in [4.78, 5) is 19.2. The lowest BCUT2D eigenvalue weighted by molar-refractivity contribution is 0.0948. The number of carbonyl (C=O) groups excluding carboxylic acids is 1. The summed E-state index contributed by atoms with van der Waals surface area (Å²) in [6.45, 7) is 0.718. The lowest BCUT2D eigenvalue weighted by Gasteiger charge is -2.12. The minimum absolute atomic E-state index is 0.122. The quantitative estimate of drug-likeness (QED) is 0.289. The van der Waals surface area contributed by atoms with E-state index in [9.17, 15) is 4.79 Å². The fourth-order valence-electron chi connectivity index (χ4n) is 4.23. The second-order valence-corrected chi connectivity index (χ2v) is 9.63. The predicted octanol–water partition coefficient (Wildman–Crippen LogP) is 6.35. The lowest BCUT2D eigenvalue weighted by Crippen LogP contribution is -2.23. The molecule has 7 heteroatoms. The minimum Gasteiger partial charge on any atom is -0.488 e. The molecule has 0 saturated heterocycles. The molecule has 0 saturated carbocycles. The molecule has 180 valence electrons. The number of carbonyl (C=O) groups is 1. The van der Waals surface area contributed by atoms with Crippen LogP contribution in [0.2, 0.25) is 0 Å². The van der Waals surface area contributed by atoms with Crippen molar-refractivity contribution in [1.29, 1.82) is 5.26 Å². The highest BCUT2D eigenvalue weighted by molar-refractivity contribution is 7.16. The van der Waals surface area contributed by atoms with E-state index < -0.39 is 0 Å². The van der Waals surface area contributed by atoms with Gasteiger partial charge in [-0.15, -0.1) is 11.3 Å². The van der Waals surface area contributed by atoms with Gasteiger partial charge in [0, 0.05) is 16.7 Å². The monoisotopic (exact) mass is 495 g/mol. The maximum Gasteiger partial charge on any atom is 0.255 e. The van der Waals surface area contributed by atoms with E-state index in [4.69, 9.17) is 19.4 Å². The average Bonchev–Trinajstić information content (AvgIpc) is 3.58. The van der Waals surface area contributed by atoms with E-state index in [-0.39, 0.29) is 5.91 Å². The van der Waals surface area contributed by atoms with Gasteiger partial charge in [0.2, 0.25) is 0 Å². The smallest absolute Gasteiger partial charge is 0.255 e. The zero-order valence-electron chi connectivity index (χ0n) is 19.7. The van der Waals surface area contributed by atoms with E-state index >= 15 is 0 Å². The van der Waals surface area contributed by atoms with Crippen molar-refractivity contribution in [2.24, 2.45) is 4.99 Å². The van der Waals surface area contributed by atoms with Gasteiger partial charge in [0.1, 0.15) is 23.1 Å². The molecule has 5 rings (SSSR count). The second kappa shape index (κ2) is 11.1. The highest BCUT2D eigenvalue weighted by Gasteiger charge is 2.25. The number of fused-ring (bicyclic) bond motifs is 1. The maximum absolute atomic E-state index is 13.2. The number of thiophene rings is 1. The number of hydrogen-bond acceptors (Lipinski definition) is 6. The first-order chi connectivity index (χ1) is 17.7. The Balaban J connectivity index is 1.36. The molecular formula is C29H25N3O3S. The summed E-state index contributed by atoms with van der Waals surface area (Å²) < 4.78 is 11.4. The number of amides is 1. The number of benzene rings is 2. The Bertz CT molecular complexity index is 1410. The topological polar surface area (TPSA) is 87.6 Å². The van der Waals surface area contributed by atoms with E-state index in [0.29, 0.717) is 35.8 Å². The molecule has 0 radical (unpaired) electrons. The normalized spacial score (nSPS) is 12.8. The molecule has 0 atom stereocenters. The molecule has 1 aliphatic rings. The second-order valence-electron chi connectivity index (χ2n) is 8.55. The standard InChI is InChI=1S/C29H25N3O3S/c30-16-20-11-13-21(14-12-20)19-35-25-9-3-1-6-22(25)17-32-29-27(24-8-2-4-10-26(24)36-29)28(33)31-18-23-7-5-15-34-23/h1,3,5-7,9,11-15,17H,2,4,8,10,18-19H2,(H,31,33). The highest BCUT2D eigenvalue weighted by atomic mass is 32.1. The fraction of sp³-hybridized carbons (Fsp3) is 0.207. The fourth-order valence-corrected chi connectivity index (χ4v) is 5.46. The van der Waals surface area contributed by atoms with Crippen molar-refractivity contribution in [2.45, 2.75) is 38.8 Å². The third-order valence-electron chi connectivity index (χ3n) is 6.10. The van der Waals surface area contributed by atoms with Crippen LogP contribution in [-0.4, -0.2) is 12.1 Å². The Morgan fingerprint density at radius 1 is 1.11 bits per heavy atom. The van der Waals surface area contributed by atoms with Gasteiger partial charge in [-0.25, -0.2) is 4.99 Å². The zero-order valence-corrected chi connectivity index (χ0v) is 20.5. The first-order valence-corrected chi connectivity index (χ1v) is 12.7. The summed E-state index contributed by atoms with van der Waals surface area (Å²) in [5.74, 6) is 1.30. The van der Waals surface area contributed by atoms with Crippen LogP contribution in [-0.2, 0) is 26.0 Å². The van der Waals surface area contributed by atoms with Crippen molar-refractivity contribution in [3.8, 4) is 11.8 Å². The average molecular weight is 496 g/mol. The van der Waals surface area contributed by atoms with Crippen molar-refractivity contribution in [1.82, 2.24) is 5.32 Å². The zero-order chi connectivity index (χ0) is 24.7. The maximum atomic E-state index is 13.2. The van der Waals surface area contributed by atoms with E-state index in [2.05, 4.69) is 11.4 Å². The van der Waals surface area contributed by atoms with Crippen molar-refractivity contribution in [3.63, 3.8) is 0 Å².